The lowest BCUT2D eigenvalue weighted by atomic mass is 10.0. The summed E-state index contributed by atoms with van der Waals surface area (Å²) in [5.74, 6) is 0.155. The molecule has 1 aromatic carbocycles. The van der Waals surface area contributed by atoms with Crippen LogP contribution in [0.2, 0.25) is 0 Å². The van der Waals surface area contributed by atoms with Gasteiger partial charge >= 0.3 is 0 Å². The summed E-state index contributed by atoms with van der Waals surface area (Å²) < 4.78 is 13.4. The molecule has 3 N–H and O–H groups in total. The number of carbonyl (C=O) groups excluding carboxylic acids is 1. The number of pyridine rings is 1. The Morgan fingerprint density at radius 3 is 2.87 bits per heavy atom. The Kier molecular flexibility index (Phi) is 3.75. The molecule has 1 fully saturated rings. The zero-order chi connectivity index (χ0) is 21.8. The Morgan fingerprint density at radius 1 is 1.23 bits per heavy atom. The summed E-state index contributed by atoms with van der Waals surface area (Å²) in [6, 6.07) is 10.9. The zero-order valence-corrected chi connectivity index (χ0v) is 16.0. The van der Waals surface area contributed by atoms with E-state index in [2.05, 4.69) is 19.9 Å². The highest BCUT2D eigenvalue weighted by atomic mass is 16.4. The molecule has 1 aliphatic rings. The van der Waals surface area contributed by atoms with E-state index in [1.54, 1.807) is 19.2 Å². The van der Waals surface area contributed by atoms with Crippen LogP contribution in [-0.2, 0) is 10.4 Å². The van der Waals surface area contributed by atoms with E-state index in [4.69, 9.17) is 11.5 Å². The number of likely N-dealkylation sites (N-methyl/N-ethyl adjacent to an activating group) is 1. The number of amides is 1. The number of anilines is 1. The first-order valence-corrected chi connectivity index (χ1v) is 9.31. The average molecular weight is 403 g/mol. The molecule has 4 aromatic rings. The second-order valence-electron chi connectivity index (χ2n) is 7.22. The molecule has 0 saturated carbocycles. The fourth-order valence-corrected chi connectivity index (χ4v) is 3.57. The van der Waals surface area contributed by atoms with E-state index in [0.29, 0.717) is 28.8 Å². The minimum absolute atomic E-state index is 0.127. The third kappa shape index (κ3) is 2.79. The van der Waals surface area contributed by atoms with Gasteiger partial charge in [0.1, 0.15) is 13.2 Å². The first-order chi connectivity index (χ1) is 14.8. The van der Waals surface area contributed by atoms with E-state index >= 15 is 0 Å². The highest BCUT2D eigenvalue weighted by Gasteiger charge is 2.48. The molecule has 4 heterocycles. The molecule has 30 heavy (non-hydrogen) atoms. The number of hydrogen-bond donors (Lipinski definition) is 2. The molecule has 0 bridgehead atoms. The quantitative estimate of drug-likeness (QED) is 0.531. The Morgan fingerprint density at radius 2 is 2.07 bits per heavy atom. The maximum absolute atomic E-state index is 12.3. The topological polar surface area (TPSA) is 131 Å². The van der Waals surface area contributed by atoms with Crippen LogP contribution in [0.25, 0.3) is 33.7 Å². The van der Waals surface area contributed by atoms with Gasteiger partial charge in [0.05, 0.1) is 17.4 Å². The van der Waals surface area contributed by atoms with Gasteiger partial charge in [-0.2, -0.15) is 0 Å². The predicted molar refractivity (Wildman–Crippen MR) is 109 cm³/mol. The number of likely N-dealkylation sites (tertiary alicyclic amines) is 1. The minimum atomic E-state index is -1.69. The van der Waals surface area contributed by atoms with Gasteiger partial charge in [0.25, 0.3) is 5.91 Å². The van der Waals surface area contributed by atoms with Crippen molar-refractivity contribution in [3.63, 3.8) is 0 Å². The fourth-order valence-electron chi connectivity index (χ4n) is 3.57. The molecule has 9 nitrogen and oxygen atoms in total. The Labute approximate surface area is 172 Å². The van der Waals surface area contributed by atoms with Crippen LogP contribution < -0.4 is 5.73 Å². The van der Waals surface area contributed by atoms with Crippen molar-refractivity contribution >= 4 is 22.8 Å². The van der Waals surface area contributed by atoms with Gasteiger partial charge in [-0.25, -0.2) is 19.9 Å². The first-order valence-electron chi connectivity index (χ1n) is 9.81. The van der Waals surface area contributed by atoms with E-state index in [9.17, 15) is 9.90 Å². The number of oxazole rings is 1. The molecular formula is C21H18N6O3. The normalized spacial score (nSPS) is 19.5. The third-order valence-corrected chi connectivity index (χ3v) is 5.29. The summed E-state index contributed by atoms with van der Waals surface area (Å²) >= 11 is 0. The number of rotatable bonds is 3. The van der Waals surface area contributed by atoms with E-state index in [1.807, 2.05) is 24.3 Å². The SMILES string of the molecule is [2H]c1nc(N)c2nc(-c3cccc(-c4ncc(C5(O)CCN(C)C5=O)o4)c3)ccc2n1. The number of hydrogen-bond acceptors (Lipinski definition) is 8. The number of fused-ring (bicyclic) bond motifs is 1. The molecule has 0 spiro atoms. The molecule has 1 saturated heterocycles. The summed E-state index contributed by atoms with van der Waals surface area (Å²) in [5.41, 5.74) is 7.22. The summed E-state index contributed by atoms with van der Waals surface area (Å²) in [5, 5.41) is 10.8. The van der Waals surface area contributed by atoms with Gasteiger partial charge in [-0.15, -0.1) is 0 Å². The predicted octanol–water partition coefficient (Wildman–Crippen LogP) is 1.98. The number of nitrogens with zero attached hydrogens (tertiary/aromatic N) is 5. The molecular weight excluding hydrogens is 384 g/mol. The van der Waals surface area contributed by atoms with Crippen LogP contribution in [0.1, 0.15) is 13.6 Å². The van der Waals surface area contributed by atoms with Crippen molar-refractivity contribution in [2.24, 2.45) is 0 Å². The fraction of sp³-hybridized carbons (Fsp3) is 0.190. The average Bonchev–Trinajstić information content (AvgIpc) is 3.36. The third-order valence-electron chi connectivity index (χ3n) is 5.29. The molecule has 5 rings (SSSR count). The molecule has 1 unspecified atom stereocenters. The number of nitrogen functional groups attached to an aromatic ring is 1. The van der Waals surface area contributed by atoms with E-state index in [0.717, 1.165) is 5.56 Å². The highest BCUT2D eigenvalue weighted by Crippen LogP contribution is 2.35. The molecule has 1 aliphatic heterocycles. The number of nitrogens with two attached hydrogens (primary N) is 1. The van der Waals surface area contributed by atoms with Crippen LogP contribution in [0.3, 0.4) is 0 Å². The second kappa shape index (κ2) is 6.60. The minimum Gasteiger partial charge on any atom is -0.438 e. The second-order valence-corrected chi connectivity index (χ2v) is 7.22. The number of aromatic nitrogens is 4. The maximum Gasteiger partial charge on any atom is 0.262 e. The molecule has 3 aromatic heterocycles. The summed E-state index contributed by atoms with van der Waals surface area (Å²) in [7, 11) is 1.64. The number of carbonyl (C=O) groups is 1. The van der Waals surface area contributed by atoms with Crippen molar-refractivity contribution < 1.29 is 15.7 Å². The van der Waals surface area contributed by atoms with Crippen molar-refractivity contribution in [3.8, 4) is 22.7 Å². The van der Waals surface area contributed by atoms with Gasteiger partial charge in [-0.1, -0.05) is 12.1 Å². The summed E-state index contributed by atoms with van der Waals surface area (Å²) in [4.78, 5) is 30.5. The molecule has 1 amide bonds. The summed E-state index contributed by atoms with van der Waals surface area (Å²) in [6.07, 6.45) is 1.49. The van der Waals surface area contributed by atoms with Crippen LogP contribution in [0.4, 0.5) is 5.82 Å². The zero-order valence-electron chi connectivity index (χ0n) is 17.0. The van der Waals surface area contributed by atoms with Crippen molar-refractivity contribution in [2.45, 2.75) is 12.0 Å². The molecule has 150 valence electrons. The van der Waals surface area contributed by atoms with Crippen molar-refractivity contribution in [3.05, 3.63) is 54.7 Å². The lowest BCUT2D eigenvalue weighted by molar-refractivity contribution is -0.144. The Hall–Kier alpha value is -3.85. The van der Waals surface area contributed by atoms with Gasteiger partial charge < -0.3 is 20.2 Å². The van der Waals surface area contributed by atoms with E-state index in [1.165, 1.54) is 11.1 Å². The van der Waals surface area contributed by atoms with E-state index in [-0.39, 0.29) is 30.2 Å². The Bertz CT molecular complexity index is 1340. The van der Waals surface area contributed by atoms with Gasteiger partial charge in [-0.3, -0.25) is 4.79 Å². The number of aliphatic hydroxyl groups is 1. The van der Waals surface area contributed by atoms with Gasteiger partial charge in [0.15, 0.2) is 11.6 Å². The lowest BCUT2D eigenvalue weighted by Gasteiger charge is -2.17. The van der Waals surface area contributed by atoms with E-state index < -0.39 is 11.5 Å². The van der Waals surface area contributed by atoms with Crippen LogP contribution in [0.5, 0.6) is 0 Å². The van der Waals surface area contributed by atoms with Gasteiger partial charge in [0.2, 0.25) is 11.5 Å². The van der Waals surface area contributed by atoms with Crippen molar-refractivity contribution in [1.82, 2.24) is 24.8 Å². The van der Waals surface area contributed by atoms with Gasteiger partial charge in [0, 0.05) is 31.1 Å². The van der Waals surface area contributed by atoms with Gasteiger partial charge in [-0.05, 0) is 24.3 Å². The maximum atomic E-state index is 12.3. The van der Waals surface area contributed by atoms with Crippen LogP contribution >= 0.6 is 0 Å². The Balaban J connectivity index is 1.51. The molecule has 0 aliphatic carbocycles. The van der Waals surface area contributed by atoms with Crippen molar-refractivity contribution in [1.29, 1.82) is 0 Å². The smallest absolute Gasteiger partial charge is 0.262 e. The molecule has 9 heteroatoms. The van der Waals surface area contributed by atoms with Crippen LogP contribution in [0, 0.1) is 0 Å². The molecule has 1 atom stereocenters. The monoisotopic (exact) mass is 403 g/mol. The lowest BCUT2D eigenvalue weighted by Crippen LogP contribution is -2.35. The number of benzene rings is 1. The van der Waals surface area contributed by atoms with Crippen molar-refractivity contribution in [2.75, 3.05) is 19.3 Å². The molecule has 0 radical (unpaired) electrons. The standard InChI is InChI=1S/C21H18N6O3/c1-27-8-7-21(29,20(27)28)16-10-23-19(30-16)13-4-2-3-12(9-13)14-5-6-15-17(26-14)18(22)25-11-24-15/h2-6,9-11,29H,7-8H2,1H3,(H2,22,24,25)/i11D. The largest absolute Gasteiger partial charge is 0.438 e. The first kappa shape index (κ1) is 17.0. The summed E-state index contributed by atoms with van der Waals surface area (Å²) in [6.45, 7) is 0.447. The highest BCUT2D eigenvalue weighted by molar-refractivity contribution is 5.88. The van der Waals surface area contributed by atoms with Crippen LogP contribution in [0.15, 0.2) is 53.3 Å². The van der Waals surface area contributed by atoms with Crippen LogP contribution in [-0.4, -0.2) is 49.4 Å².